The first kappa shape index (κ1) is 15.5. The van der Waals surface area contributed by atoms with Gasteiger partial charge in [-0.1, -0.05) is 12.8 Å². The van der Waals surface area contributed by atoms with Gasteiger partial charge < -0.3 is 10.2 Å². The van der Waals surface area contributed by atoms with Crippen molar-refractivity contribution >= 4 is 23.6 Å². The first-order valence-corrected chi connectivity index (χ1v) is 7.58. The monoisotopic (exact) mass is 310 g/mol. The van der Waals surface area contributed by atoms with Crippen molar-refractivity contribution in [3.05, 3.63) is 0 Å². The Bertz CT molecular complexity index is 408. The smallest absolute Gasteiger partial charge is 0.343 e. The van der Waals surface area contributed by atoms with E-state index in [4.69, 9.17) is 0 Å². The van der Waals surface area contributed by atoms with E-state index < -0.39 is 17.1 Å². The van der Waals surface area contributed by atoms with E-state index in [9.17, 15) is 22.8 Å². The summed E-state index contributed by atoms with van der Waals surface area (Å²) in [6.07, 6.45) is 2.71. The topological polar surface area (TPSA) is 49.4 Å². The lowest BCUT2D eigenvalue weighted by Crippen LogP contribution is -2.69. The summed E-state index contributed by atoms with van der Waals surface area (Å²) in [4.78, 5) is 25.8. The predicted octanol–water partition coefficient (Wildman–Crippen LogP) is 1.90. The van der Waals surface area contributed by atoms with E-state index in [1.54, 1.807) is 6.92 Å². The summed E-state index contributed by atoms with van der Waals surface area (Å²) >= 11 is -0.152. The van der Waals surface area contributed by atoms with Crippen molar-refractivity contribution in [2.24, 2.45) is 0 Å². The lowest BCUT2D eigenvalue weighted by Gasteiger charge is -2.45. The summed E-state index contributed by atoms with van der Waals surface area (Å²) in [5.74, 6) is -0.745. The van der Waals surface area contributed by atoms with Crippen LogP contribution in [0.25, 0.3) is 0 Å². The van der Waals surface area contributed by atoms with Gasteiger partial charge in [0.15, 0.2) is 0 Å². The molecule has 4 nitrogen and oxygen atoms in total. The summed E-state index contributed by atoms with van der Waals surface area (Å²) in [6, 6.07) is -0.662. The minimum absolute atomic E-state index is 0.0409. The number of nitrogens with one attached hydrogen (secondary N) is 1. The van der Waals surface area contributed by atoms with Gasteiger partial charge in [-0.2, -0.15) is 13.2 Å². The fourth-order valence-corrected chi connectivity index (χ4v) is 3.50. The predicted molar refractivity (Wildman–Crippen MR) is 69.0 cm³/mol. The molecule has 1 aliphatic heterocycles. The molecule has 2 fully saturated rings. The molecule has 0 aromatic carbocycles. The number of hydrogen-bond donors (Lipinski definition) is 1. The highest BCUT2D eigenvalue weighted by atomic mass is 32.2. The van der Waals surface area contributed by atoms with Gasteiger partial charge in [0.1, 0.15) is 11.6 Å². The molecule has 0 radical (unpaired) electrons. The summed E-state index contributed by atoms with van der Waals surface area (Å²) in [5.41, 5.74) is -5.23. The Labute approximate surface area is 119 Å². The minimum Gasteiger partial charge on any atom is -0.343 e. The maximum Gasteiger partial charge on any atom is 0.441 e. The molecule has 0 aromatic rings. The number of nitrogens with zero attached hydrogens (tertiary/aromatic N) is 1. The number of thioether (sulfide) groups is 1. The Morgan fingerprint density at radius 1 is 1.35 bits per heavy atom. The molecular formula is C12H17F3N2O2S. The summed E-state index contributed by atoms with van der Waals surface area (Å²) < 4.78 is 36.6. The van der Waals surface area contributed by atoms with Crippen LogP contribution in [0.4, 0.5) is 13.2 Å². The molecule has 0 bridgehead atoms. The lowest BCUT2D eigenvalue weighted by atomic mass is 9.90. The SMILES string of the molecule is CC1NC(=O)C2(CCCC2)N(CCSC(F)(F)F)C1=O. The van der Waals surface area contributed by atoms with Gasteiger partial charge in [0.25, 0.3) is 0 Å². The van der Waals surface area contributed by atoms with Crippen molar-refractivity contribution < 1.29 is 22.8 Å². The molecule has 2 aliphatic rings. The van der Waals surface area contributed by atoms with Crippen LogP contribution in [-0.4, -0.2) is 46.1 Å². The van der Waals surface area contributed by atoms with Gasteiger partial charge in [-0.05, 0) is 31.5 Å². The Balaban J connectivity index is 2.11. The zero-order valence-corrected chi connectivity index (χ0v) is 11.9. The van der Waals surface area contributed by atoms with E-state index in [1.165, 1.54) is 4.90 Å². The van der Waals surface area contributed by atoms with Gasteiger partial charge in [-0.25, -0.2) is 0 Å². The van der Waals surface area contributed by atoms with Gasteiger partial charge in [0.05, 0.1) is 0 Å². The number of hydrogen-bond acceptors (Lipinski definition) is 3. The molecule has 2 rings (SSSR count). The first-order valence-electron chi connectivity index (χ1n) is 6.59. The maximum absolute atomic E-state index is 12.2. The van der Waals surface area contributed by atoms with E-state index in [1.807, 2.05) is 0 Å². The molecule has 1 spiro atoms. The summed E-state index contributed by atoms with van der Waals surface area (Å²) in [7, 11) is 0. The number of carbonyl (C=O) groups excluding carboxylic acids is 2. The third-order valence-corrected chi connectivity index (χ3v) is 4.65. The fraction of sp³-hybridized carbons (Fsp3) is 0.833. The largest absolute Gasteiger partial charge is 0.441 e. The first-order chi connectivity index (χ1) is 9.26. The Hall–Kier alpha value is -0.920. The van der Waals surface area contributed by atoms with Crippen LogP contribution < -0.4 is 5.32 Å². The molecule has 20 heavy (non-hydrogen) atoms. The molecule has 1 aliphatic carbocycles. The highest BCUT2D eigenvalue weighted by Crippen LogP contribution is 2.39. The quantitative estimate of drug-likeness (QED) is 0.866. The van der Waals surface area contributed by atoms with Gasteiger partial charge in [-0.3, -0.25) is 9.59 Å². The Morgan fingerprint density at radius 2 is 1.95 bits per heavy atom. The molecule has 1 saturated carbocycles. The number of carbonyl (C=O) groups is 2. The van der Waals surface area contributed by atoms with Crippen molar-refractivity contribution in [2.75, 3.05) is 12.3 Å². The van der Waals surface area contributed by atoms with Gasteiger partial charge in [-0.15, -0.1) is 0 Å². The number of halogens is 3. The highest BCUT2D eigenvalue weighted by molar-refractivity contribution is 8.00. The zero-order valence-electron chi connectivity index (χ0n) is 11.1. The molecule has 2 amide bonds. The molecule has 1 N–H and O–H groups in total. The van der Waals surface area contributed by atoms with Gasteiger partial charge in [0, 0.05) is 12.3 Å². The van der Waals surface area contributed by atoms with Crippen LogP contribution in [-0.2, 0) is 9.59 Å². The van der Waals surface area contributed by atoms with Crippen LogP contribution in [0, 0.1) is 0 Å². The normalized spacial score (nSPS) is 26.2. The van der Waals surface area contributed by atoms with Crippen LogP contribution >= 0.6 is 11.8 Å². The molecule has 1 atom stereocenters. The summed E-state index contributed by atoms with van der Waals surface area (Å²) in [6.45, 7) is 1.52. The number of rotatable bonds is 3. The third kappa shape index (κ3) is 2.89. The van der Waals surface area contributed by atoms with Gasteiger partial charge in [0.2, 0.25) is 11.8 Å². The van der Waals surface area contributed by atoms with Crippen molar-refractivity contribution in [3.8, 4) is 0 Å². The molecule has 0 aromatic heterocycles. The van der Waals surface area contributed by atoms with E-state index >= 15 is 0 Å². The van der Waals surface area contributed by atoms with Crippen molar-refractivity contribution in [2.45, 2.75) is 49.7 Å². The van der Waals surface area contributed by atoms with Crippen LogP contribution in [0.5, 0.6) is 0 Å². The van der Waals surface area contributed by atoms with E-state index in [-0.39, 0.29) is 35.9 Å². The number of alkyl halides is 3. The second kappa shape index (κ2) is 5.46. The van der Waals surface area contributed by atoms with E-state index in [2.05, 4.69) is 5.32 Å². The molecule has 1 heterocycles. The van der Waals surface area contributed by atoms with Crippen molar-refractivity contribution in [1.29, 1.82) is 0 Å². The maximum atomic E-state index is 12.2. The molecule has 114 valence electrons. The second-order valence-corrected chi connectivity index (χ2v) is 6.38. The van der Waals surface area contributed by atoms with Gasteiger partial charge >= 0.3 is 5.51 Å². The standard InChI is InChI=1S/C12H17F3N2O2S/c1-8-9(18)17(6-7-20-12(13,14)15)11(10(19)16-8)4-2-3-5-11/h8H,2-7H2,1H3,(H,16,19). The lowest BCUT2D eigenvalue weighted by molar-refractivity contribution is -0.156. The number of amides is 2. The Kier molecular flexibility index (Phi) is 4.22. The Morgan fingerprint density at radius 3 is 2.50 bits per heavy atom. The molecule has 1 saturated heterocycles. The number of piperazine rings is 1. The van der Waals surface area contributed by atoms with E-state index in [0.29, 0.717) is 12.8 Å². The zero-order chi connectivity index (χ0) is 15.0. The van der Waals surface area contributed by atoms with Crippen LogP contribution in [0.15, 0.2) is 0 Å². The second-order valence-electron chi connectivity index (χ2n) is 5.22. The van der Waals surface area contributed by atoms with Crippen LogP contribution in [0.1, 0.15) is 32.6 Å². The molecular weight excluding hydrogens is 293 g/mol. The highest BCUT2D eigenvalue weighted by Gasteiger charge is 2.52. The fourth-order valence-electron chi connectivity index (χ4n) is 2.99. The average Bonchev–Trinajstić information content (AvgIpc) is 2.81. The van der Waals surface area contributed by atoms with Crippen LogP contribution in [0.2, 0.25) is 0 Å². The third-order valence-electron chi connectivity index (χ3n) is 3.93. The molecule has 1 unspecified atom stereocenters. The van der Waals surface area contributed by atoms with Crippen molar-refractivity contribution in [1.82, 2.24) is 10.2 Å². The minimum atomic E-state index is -4.31. The van der Waals surface area contributed by atoms with Crippen LogP contribution in [0.3, 0.4) is 0 Å². The summed E-state index contributed by atoms with van der Waals surface area (Å²) in [5, 5.41) is 2.64. The van der Waals surface area contributed by atoms with Crippen molar-refractivity contribution in [3.63, 3.8) is 0 Å². The molecule has 8 heteroatoms. The average molecular weight is 310 g/mol. The van der Waals surface area contributed by atoms with E-state index in [0.717, 1.165) is 12.8 Å².